The van der Waals surface area contributed by atoms with Gasteiger partial charge in [0.1, 0.15) is 0 Å². The van der Waals surface area contributed by atoms with E-state index in [1.807, 2.05) is 36.4 Å². The molecule has 2 rings (SSSR count). The molecule has 0 saturated carbocycles. The van der Waals surface area contributed by atoms with Crippen LogP contribution in [-0.4, -0.2) is 5.11 Å². The van der Waals surface area contributed by atoms with E-state index in [2.05, 4.69) is 6.92 Å². The largest absolute Gasteiger partial charge is 0.392 e. The average molecular weight is 171 g/mol. The zero-order chi connectivity index (χ0) is 9.26. The molecule has 0 spiro atoms. The van der Waals surface area contributed by atoms with Crippen molar-refractivity contribution in [3.05, 3.63) is 54.4 Å². The van der Waals surface area contributed by atoms with Crippen LogP contribution in [-0.2, 0) is 6.61 Å². The average Bonchev–Trinajstić information content (AvgIpc) is 2.19. The minimum atomic E-state index is 0.0841. The lowest BCUT2D eigenvalue weighted by Crippen LogP contribution is -1.87. The second-order valence-corrected chi connectivity index (χ2v) is 3.09. The Balaban J connectivity index is 2.84. The van der Waals surface area contributed by atoms with Crippen LogP contribution in [0.2, 0.25) is 0 Å². The van der Waals surface area contributed by atoms with Crippen LogP contribution >= 0.6 is 0 Å². The summed E-state index contributed by atoms with van der Waals surface area (Å²) in [4.78, 5) is 0. The SMILES string of the molecule is [CH2]c1ccc(CO)c2ccccc12. The first-order valence-corrected chi connectivity index (χ1v) is 4.26. The van der Waals surface area contributed by atoms with Crippen molar-refractivity contribution in [3.8, 4) is 0 Å². The van der Waals surface area contributed by atoms with Gasteiger partial charge in [-0.1, -0.05) is 36.4 Å². The maximum absolute atomic E-state index is 9.11. The van der Waals surface area contributed by atoms with Crippen LogP contribution in [0.5, 0.6) is 0 Å². The zero-order valence-electron chi connectivity index (χ0n) is 7.33. The molecule has 0 bridgehead atoms. The van der Waals surface area contributed by atoms with Gasteiger partial charge >= 0.3 is 0 Å². The third-order valence-electron chi connectivity index (χ3n) is 2.28. The van der Waals surface area contributed by atoms with Gasteiger partial charge in [0.05, 0.1) is 6.61 Å². The second kappa shape index (κ2) is 3.19. The van der Waals surface area contributed by atoms with Gasteiger partial charge in [0.2, 0.25) is 0 Å². The molecule has 0 aliphatic heterocycles. The van der Waals surface area contributed by atoms with Crippen molar-refractivity contribution in [2.75, 3.05) is 0 Å². The van der Waals surface area contributed by atoms with Crippen molar-refractivity contribution in [1.82, 2.24) is 0 Å². The molecule has 0 unspecified atom stereocenters. The van der Waals surface area contributed by atoms with E-state index in [1.54, 1.807) is 0 Å². The molecule has 0 aliphatic rings. The van der Waals surface area contributed by atoms with Gasteiger partial charge in [-0.15, -0.1) is 0 Å². The van der Waals surface area contributed by atoms with Gasteiger partial charge in [0.15, 0.2) is 0 Å². The molecular formula is C12H11O. The summed E-state index contributed by atoms with van der Waals surface area (Å²) in [5.41, 5.74) is 1.97. The van der Waals surface area contributed by atoms with Gasteiger partial charge in [-0.3, -0.25) is 0 Å². The van der Waals surface area contributed by atoms with Crippen LogP contribution in [0.1, 0.15) is 11.1 Å². The van der Waals surface area contributed by atoms with Crippen molar-refractivity contribution < 1.29 is 5.11 Å². The number of hydrogen-bond acceptors (Lipinski definition) is 1. The van der Waals surface area contributed by atoms with Crippen LogP contribution in [0.25, 0.3) is 10.8 Å². The fraction of sp³-hybridized carbons (Fsp3) is 0.0833. The third kappa shape index (κ3) is 1.31. The fourth-order valence-corrected chi connectivity index (χ4v) is 1.56. The van der Waals surface area contributed by atoms with Crippen molar-refractivity contribution in [1.29, 1.82) is 0 Å². The molecule has 0 amide bonds. The Labute approximate surface area is 77.6 Å². The van der Waals surface area contributed by atoms with Crippen molar-refractivity contribution in [2.24, 2.45) is 0 Å². The molecule has 0 heterocycles. The van der Waals surface area contributed by atoms with E-state index in [1.165, 1.54) is 0 Å². The quantitative estimate of drug-likeness (QED) is 0.699. The molecule has 65 valence electrons. The number of aliphatic hydroxyl groups excluding tert-OH is 1. The van der Waals surface area contributed by atoms with Crippen LogP contribution in [0.15, 0.2) is 36.4 Å². The van der Waals surface area contributed by atoms with E-state index in [9.17, 15) is 0 Å². The molecular weight excluding hydrogens is 160 g/mol. The summed E-state index contributed by atoms with van der Waals surface area (Å²) < 4.78 is 0. The number of aliphatic hydroxyl groups is 1. The van der Waals surface area contributed by atoms with E-state index in [0.29, 0.717) is 0 Å². The number of benzene rings is 2. The molecule has 1 radical (unpaired) electrons. The number of fused-ring (bicyclic) bond motifs is 1. The van der Waals surface area contributed by atoms with E-state index < -0.39 is 0 Å². The Kier molecular flexibility index (Phi) is 2.03. The summed E-state index contributed by atoms with van der Waals surface area (Å²) in [6.07, 6.45) is 0. The first-order chi connectivity index (χ1) is 6.33. The lowest BCUT2D eigenvalue weighted by Gasteiger charge is -2.05. The summed E-state index contributed by atoms with van der Waals surface area (Å²) in [7, 11) is 0. The van der Waals surface area contributed by atoms with E-state index >= 15 is 0 Å². The topological polar surface area (TPSA) is 20.2 Å². The monoisotopic (exact) mass is 171 g/mol. The Morgan fingerprint density at radius 3 is 2.38 bits per heavy atom. The highest BCUT2D eigenvalue weighted by molar-refractivity contribution is 5.89. The number of rotatable bonds is 1. The first kappa shape index (κ1) is 8.27. The highest BCUT2D eigenvalue weighted by atomic mass is 16.3. The van der Waals surface area contributed by atoms with Crippen molar-refractivity contribution in [3.63, 3.8) is 0 Å². The summed E-state index contributed by atoms with van der Waals surface area (Å²) in [5.74, 6) is 0. The highest BCUT2D eigenvalue weighted by Gasteiger charge is 2.00. The maximum atomic E-state index is 9.11. The fourth-order valence-electron chi connectivity index (χ4n) is 1.56. The Bertz CT molecular complexity index is 432. The lowest BCUT2D eigenvalue weighted by atomic mass is 10.0. The minimum Gasteiger partial charge on any atom is -0.392 e. The molecule has 13 heavy (non-hydrogen) atoms. The molecule has 0 saturated heterocycles. The zero-order valence-corrected chi connectivity index (χ0v) is 7.33. The summed E-state index contributed by atoms with van der Waals surface area (Å²) in [6, 6.07) is 11.9. The minimum absolute atomic E-state index is 0.0841. The van der Waals surface area contributed by atoms with E-state index in [-0.39, 0.29) is 6.61 Å². The van der Waals surface area contributed by atoms with Crippen molar-refractivity contribution in [2.45, 2.75) is 6.61 Å². The molecule has 0 atom stereocenters. The van der Waals surface area contributed by atoms with Gasteiger partial charge in [0.25, 0.3) is 0 Å². The number of hydrogen-bond donors (Lipinski definition) is 1. The highest BCUT2D eigenvalue weighted by Crippen LogP contribution is 2.21. The smallest absolute Gasteiger partial charge is 0.0687 e. The lowest BCUT2D eigenvalue weighted by molar-refractivity contribution is 0.283. The van der Waals surface area contributed by atoms with Gasteiger partial charge in [0, 0.05) is 0 Å². The molecule has 2 aromatic carbocycles. The summed E-state index contributed by atoms with van der Waals surface area (Å²) in [6.45, 7) is 4.03. The predicted octanol–water partition coefficient (Wildman–Crippen LogP) is 2.51. The maximum Gasteiger partial charge on any atom is 0.0687 e. The molecule has 1 heteroatoms. The normalized spacial score (nSPS) is 10.6. The third-order valence-corrected chi connectivity index (χ3v) is 2.28. The van der Waals surface area contributed by atoms with Crippen LogP contribution in [0.4, 0.5) is 0 Å². The Morgan fingerprint density at radius 1 is 1.00 bits per heavy atom. The van der Waals surface area contributed by atoms with Crippen LogP contribution < -0.4 is 0 Å². The molecule has 0 fully saturated rings. The van der Waals surface area contributed by atoms with Gasteiger partial charge in [-0.2, -0.15) is 0 Å². The first-order valence-electron chi connectivity index (χ1n) is 4.26. The predicted molar refractivity (Wildman–Crippen MR) is 54.3 cm³/mol. The van der Waals surface area contributed by atoms with Crippen LogP contribution in [0, 0.1) is 6.92 Å². The van der Waals surface area contributed by atoms with Crippen molar-refractivity contribution >= 4 is 10.8 Å². The second-order valence-electron chi connectivity index (χ2n) is 3.09. The van der Waals surface area contributed by atoms with Gasteiger partial charge in [-0.05, 0) is 28.8 Å². The summed E-state index contributed by atoms with van der Waals surface area (Å²) in [5, 5.41) is 11.3. The Morgan fingerprint density at radius 2 is 1.69 bits per heavy atom. The van der Waals surface area contributed by atoms with Gasteiger partial charge < -0.3 is 5.11 Å². The van der Waals surface area contributed by atoms with Gasteiger partial charge in [-0.25, -0.2) is 0 Å². The van der Waals surface area contributed by atoms with E-state index in [4.69, 9.17) is 5.11 Å². The molecule has 2 aromatic rings. The summed E-state index contributed by atoms with van der Waals surface area (Å²) >= 11 is 0. The molecule has 0 aliphatic carbocycles. The standard InChI is InChI=1S/C12H11O/c1-9-6-7-10(8-13)12-5-3-2-4-11(9)12/h2-7,13H,1,8H2. The molecule has 1 N–H and O–H groups in total. The van der Waals surface area contributed by atoms with Crippen LogP contribution in [0.3, 0.4) is 0 Å². The molecule has 1 nitrogen and oxygen atoms in total. The van der Waals surface area contributed by atoms with E-state index in [0.717, 1.165) is 21.9 Å². The Hall–Kier alpha value is -1.34. The molecule has 0 aromatic heterocycles.